The minimum atomic E-state index is -0.915. The summed E-state index contributed by atoms with van der Waals surface area (Å²) in [5.74, 6) is -2.38. The average Bonchev–Trinajstić information content (AvgIpc) is 3.07. The fourth-order valence-electron chi connectivity index (χ4n) is 2.50. The Bertz CT molecular complexity index is 965. The third kappa shape index (κ3) is 3.56. The predicted octanol–water partition coefficient (Wildman–Crippen LogP) is 6.80. The highest BCUT2D eigenvalue weighted by Gasteiger charge is 2.15. The number of thiocarbonyl (C=S) groups is 1. The number of thiophene rings is 1. The molecule has 0 bridgehead atoms. The summed E-state index contributed by atoms with van der Waals surface area (Å²) in [6, 6.07) is 10.6. The molecule has 0 atom stereocenters. The zero-order valence-electron chi connectivity index (χ0n) is 13.1. The van der Waals surface area contributed by atoms with E-state index < -0.39 is 23.1 Å². The molecule has 6 heteroatoms. The summed E-state index contributed by atoms with van der Waals surface area (Å²) >= 11 is 5.96. The van der Waals surface area contributed by atoms with E-state index >= 15 is 0 Å². The zero-order valence-corrected chi connectivity index (χ0v) is 14.8. The lowest BCUT2D eigenvalue weighted by Crippen LogP contribution is -1.90. The van der Waals surface area contributed by atoms with Gasteiger partial charge in [-0.3, -0.25) is 0 Å². The third-order valence-corrected chi connectivity index (χ3v) is 5.12. The lowest BCUT2D eigenvalue weighted by Gasteiger charge is -2.08. The molecule has 0 fully saturated rings. The molecule has 0 saturated carbocycles. The standard InChI is InChI=1S/C19H12F3NS2/c1-2-13-4-6-18(25-13)11-3-5-14(15(20)7-11)12-8-16(21)19(23-10-24)17(22)9-12/h3-9H,2H2,1H3. The van der Waals surface area contributed by atoms with Crippen molar-refractivity contribution in [2.75, 3.05) is 0 Å². The molecule has 1 aromatic heterocycles. The Balaban J connectivity index is 2.03. The number of hydrogen-bond donors (Lipinski definition) is 0. The van der Waals surface area contributed by atoms with Crippen molar-refractivity contribution in [3.63, 3.8) is 0 Å². The van der Waals surface area contributed by atoms with Gasteiger partial charge in [0.1, 0.15) is 11.5 Å². The Kier molecular flexibility index (Phi) is 5.13. The summed E-state index contributed by atoms with van der Waals surface area (Å²) in [4.78, 5) is 5.51. The van der Waals surface area contributed by atoms with Crippen LogP contribution in [0.25, 0.3) is 21.6 Å². The van der Waals surface area contributed by atoms with E-state index in [1.54, 1.807) is 17.4 Å². The van der Waals surface area contributed by atoms with Gasteiger partial charge in [-0.05, 0) is 60.1 Å². The van der Waals surface area contributed by atoms with Crippen LogP contribution in [0.15, 0.2) is 47.5 Å². The maximum atomic E-state index is 14.5. The largest absolute Gasteiger partial charge is 0.206 e. The van der Waals surface area contributed by atoms with Crippen LogP contribution in [0.2, 0.25) is 0 Å². The quantitative estimate of drug-likeness (QED) is 0.361. The summed E-state index contributed by atoms with van der Waals surface area (Å²) in [6.07, 6.45) is 0.917. The molecule has 0 aliphatic rings. The maximum Gasteiger partial charge on any atom is 0.153 e. The van der Waals surface area contributed by atoms with Crippen LogP contribution in [0, 0.1) is 17.5 Å². The van der Waals surface area contributed by atoms with Gasteiger partial charge in [-0.1, -0.05) is 19.1 Å². The summed E-state index contributed by atoms with van der Waals surface area (Å²) in [5.41, 5.74) is 0.421. The molecule has 25 heavy (non-hydrogen) atoms. The molecular formula is C19H12F3NS2. The minimum Gasteiger partial charge on any atom is -0.206 e. The van der Waals surface area contributed by atoms with Crippen molar-refractivity contribution in [3.8, 4) is 21.6 Å². The molecule has 2 aromatic carbocycles. The number of aryl methyl sites for hydroxylation is 1. The summed E-state index contributed by atoms with van der Waals surface area (Å²) < 4.78 is 42.5. The van der Waals surface area contributed by atoms with Crippen LogP contribution >= 0.6 is 23.6 Å². The van der Waals surface area contributed by atoms with Gasteiger partial charge in [-0.25, -0.2) is 13.2 Å². The monoisotopic (exact) mass is 375 g/mol. The Morgan fingerprint density at radius 2 is 1.64 bits per heavy atom. The summed E-state index contributed by atoms with van der Waals surface area (Å²) in [7, 11) is 0. The van der Waals surface area contributed by atoms with Crippen LogP contribution in [0.4, 0.5) is 18.9 Å². The van der Waals surface area contributed by atoms with Gasteiger partial charge in [0.25, 0.3) is 0 Å². The smallest absolute Gasteiger partial charge is 0.153 e. The highest BCUT2D eigenvalue weighted by Crippen LogP contribution is 2.34. The molecule has 0 spiro atoms. The second-order valence-electron chi connectivity index (χ2n) is 5.31. The van der Waals surface area contributed by atoms with E-state index in [0.717, 1.165) is 29.0 Å². The molecule has 1 nitrogen and oxygen atoms in total. The predicted molar refractivity (Wildman–Crippen MR) is 99.1 cm³/mol. The SMILES string of the molecule is CCc1ccc(-c2ccc(-c3cc(F)c(N=C=S)c(F)c3)c(F)c2)s1. The van der Waals surface area contributed by atoms with Gasteiger partial charge in [0, 0.05) is 15.3 Å². The molecule has 1 heterocycles. The van der Waals surface area contributed by atoms with Crippen molar-refractivity contribution in [1.29, 1.82) is 0 Å². The lowest BCUT2D eigenvalue weighted by atomic mass is 10.0. The molecular weight excluding hydrogens is 363 g/mol. The van der Waals surface area contributed by atoms with Gasteiger partial charge < -0.3 is 0 Å². The second kappa shape index (κ2) is 7.31. The Morgan fingerprint density at radius 1 is 0.960 bits per heavy atom. The van der Waals surface area contributed by atoms with E-state index in [1.807, 2.05) is 17.3 Å². The van der Waals surface area contributed by atoms with Crippen molar-refractivity contribution in [3.05, 3.63) is 64.8 Å². The van der Waals surface area contributed by atoms with Gasteiger partial charge in [0.15, 0.2) is 11.6 Å². The molecule has 0 saturated heterocycles. The molecule has 0 aliphatic heterocycles. The molecule has 3 aromatic rings. The van der Waals surface area contributed by atoms with E-state index in [0.29, 0.717) is 0 Å². The van der Waals surface area contributed by atoms with Crippen LogP contribution in [-0.2, 0) is 6.42 Å². The second-order valence-corrected chi connectivity index (χ2v) is 6.66. The first kappa shape index (κ1) is 17.5. The Morgan fingerprint density at radius 3 is 2.20 bits per heavy atom. The fourth-order valence-corrected chi connectivity index (χ4v) is 3.53. The minimum absolute atomic E-state index is 0.0998. The van der Waals surface area contributed by atoms with E-state index in [9.17, 15) is 13.2 Å². The van der Waals surface area contributed by atoms with E-state index in [-0.39, 0.29) is 11.1 Å². The summed E-state index contributed by atoms with van der Waals surface area (Å²) in [5, 5.41) is 1.92. The number of isothiocyanates is 1. The number of rotatable bonds is 4. The molecule has 0 unspecified atom stereocenters. The highest BCUT2D eigenvalue weighted by atomic mass is 32.1. The van der Waals surface area contributed by atoms with Gasteiger partial charge in [0.2, 0.25) is 0 Å². The maximum absolute atomic E-state index is 14.5. The molecule has 0 radical (unpaired) electrons. The normalized spacial score (nSPS) is 10.6. The average molecular weight is 375 g/mol. The van der Waals surface area contributed by atoms with E-state index in [2.05, 4.69) is 24.1 Å². The van der Waals surface area contributed by atoms with Crippen molar-refractivity contribution >= 4 is 34.4 Å². The van der Waals surface area contributed by atoms with E-state index in [4.69, 9.17) is 0 Å². The molecule has 0 amide bonds. The molecule has 0 aliphatic carbocycles. The van der Waals surface area contributed by atoms with Gasteiger partial charge in [0.05, 0.1) is 5.16 Å². The summed E-state index contributed by atoms with van der Waals surface area (Å²) in [6.45, 7) is 2.06. The van der Waals surface area contributed by atoms with Crippen molar-refractivity contribution in [2.24, 2.45) is 4.99 Å². The first-order valence-electron chi connectivity index (χ1n) is 7.49. The molecule has 0 N–H and O–H groups in total. The topological polar surface area (TPSA) is 12.4 Å². The van der Waals surface area contributed by atoms with Crippen molar-refractivity contribution < 1.29 is 13.2 Å². The van der Waals surface area contributed by atoms with Crippen LogP contribution in [0.5, 0.6) is 0 Å². The first-order chi connectivity index (χ1) is 12.0. The van der Waals surface area contributed by atoms with Crippen LogP contribution in [-0.4, -0.2) is 5.16 Å². The van der Waals surface area contributed by atoms with Crippen molar-refractivity contribution in [2.45, 2.75) is 13.3 Å². The highest BCUT2D eigenvalue weighted by molar-refractivity contribution is 7.78. The number of nitrogens with zero attached hydrogens (tertiary/aromatic N) is 1. The van der Waals surface area contributed by atoms with Gasteiger partial charge in [-0.2, -0.15) is 4.99 Å². The third-order valence-electron chi connectivity index (χ3n) is 3.75. The van der Waals surface area contributed by atoms with Crippen LogP contribution < -0.4 is 0 Å². The number of aliphatic imine (C=N–C) groups is 1. The molecule has 126 valence electrons. The van der Waals surface area contributed by atoms with Crippen LogP contribution in [0.1, 0.15) is 11.8 Å². The number of hydrogen-bond acceptors (Lipinski definition) is 3. The van der Waals surface area contributed by atoms with Gasteiger partial charge >= 0.3 is 0 Å². The Hall–Kier alpha value is -2.27. The zero-order chi connectivity index (χ0) is 18.0. The lowest BCUT2D eigenvalue weighted by molar-refractivity contribution is 0.588. The number of halogens is 3. The first-order valence-corrected chi connectivity index (χ1v) is 8.72. The van der Waals surface area contributed by atoms with E-state index in [1.165, 1.54) is 17.0 Å². The Labute approximate surface area is 152 Å². The van der Waals surface area contributed by atoms with Gasteiger partial charge in [-0.15, -0.1) is 11.3 Å². The van der Waals surface area contributed by atoms with Crippen LogP contribution in [0.3, 0.4) is 0 Å². The number of benzene rings is 2. The van der Waals surface area contributed by atoms with Crippen molar-refractivity contribution in [1.82, 2.24) is 0 Å². The fraction of sp³-hybridized carbons (Fsp3) is 0.105. The molecule has 3 rings (SSSR count).